The second-order valence-corrected chi connectivity index (χ2v) is 30.6. The van der Waals surface area contributed by atoms with Gasteiger partial charge < -0.3 is 62.1 Å². The minimum atomic E-state index is -4.10. The van der Waals surface area contributed by atoms with Crippen LogP contribution in [0.4, 0.5) is 26.3 Å². The maximum absolute atomic E-state index is 13.7. The minimum absolute atomic E-state index is 0. The first kappa shape index (κ1) is 98.1. The molecule has 0 unspecified atom stereocenters. The fourth-order valence-electron chi connectivity index (χ4n) is 10.1. The lowest BCUT2D eigenvalue weighted by Gasteiger charge is -2.13. The van der Waals surface area contributed by atoms with Crippen LogP contribution in [-0.2, 0) is 50.7 Å². The first-order valence-electron chi connectivity index (χ1n) is 34.0. The van der Waals surface area contributed by atoms with Crippen LogP contribution in [-0.4, -0.2) is 155 Å². The molecular formula is C76H86BBrCl3F6N9O16S3. The standard InChI is InChI=1S/C29H29F2N3O6S.C22H23F2N3O6S.C19H17F2N3O3S.C4H9Br.CH4O.CH4.BCl3/c1-38-25-11-9-21(15-26(25)39-2)17-34-18-22(10-12-27(34)35)23-16-24(28(30)31)33-29(32-23)41(36,37)14-6-13-40-19-20-7-4-3-5-8-20;1-32-18-6-4-14(10-19(18)33-2)12-27-13-15(5-7-20(27)29)16-11-17(21(23)24)26-22(25-16)34(30,31)9-3-8-28;1-26-15-5-3-11(7-16(15)27-2)9-24-10-12(4-6-17(24)25)13-8-14(18(20)21)23-19(28)22-13;1-2-3-4-5;1-2;;2-1(3)4/h3-5,7-12,15-16,18,28H,6,13-14,17,19H2,1-2H3;4-7,10-11,13,21,28H,3,8-9,12H2,1-2H3;3-8,10,18H,9H2,1-2H3,(H,22,23,28);2-4H2,1H3;2H,1H3;1H4;. The summed E-state index contributed by atoms with van der Waals surface area (Å²) in [7, 11) is 1.85. The molecule has 0 fully saturated rings. The molecule has 0 aliphatic rings. The van der Waals surface area contributed by atoms with E-state index in [1.807, 2.05) is 36.4 Å². The third-order valence-electron chi connectivity index (χ3n) is 15.6. The molecule has 0 saturated heterocycles. The molecule has 0 aliphatic carbocycles. The zero-order valence-electron chi connectivity index (χ0n) is 62.7. The summed E-state index contributed by atoms with van der Waals surface area (Å²) >= 11 is 22.7. The fourth-order valence-corrected chi connectivity index (χ4v) is 13.2. The number of aliphatic hydroxyl groups is 2. The molecule has 115 heavy (non-hydrogen) atoms. The minimum Gasteiger partial charge on any atom is -0.493 e. The van der Waals surface area contributed by atoms with Crippen molar-refractivity contribution in [3.05, 3.63) is 233 Å². The summed E-state index contributed by atoms with van der Waals surface area (Å²) in [4.78, 5) is 58.2. The largest absolute Gasteiger partial charge is 0.493 e. The molecule has 4 aromatic carbocycles. The van der Waals surface area contributed by atoms with Gasteiger partial charge in [0.15, 0.2) is 39.3 Å². The molecule has 0 radical (unpaired) electrons. The number of hydrogen-bond acceptors (Lipinski definition) is 22. The number of benzene rings is 4. The number of aromatic nitrogens is 9. The summed E-state index contributed by atoms with van der Waals surface area (Å²) in [6.45, 7) is 2.78. The molecule has 6 aromatic heterocycles. The third-order valence-corrected chi connectivity index (χ3v) is 19.5. The first-order chi connectivity index (χ1) is 54.4. The Morgan fingerprint density at radius 2 is 0.861 bits per heavy atom. The smallest absolute Gasteiger partial charge is 0.450 e. The van der Waals surface area contributed by atoms with Crippen molar-refractivity contribution in [1.29, 1.82) is 0 Å². The number of sulfone groups is 2. The summed E-state index contributed by atoms with van der Waals surface area (Å²) in [5.41, 5.74) is 1.58. The van der Waals surface area contributed by atoms with E-state index in [1.54, 1.807) is 54.7 Å². The maximum atomic E-state index is 13.7. The number of nitrogens with one attached hydrogen (secondary N) is 1. The predicted molar refractivity (Wildman–Crippen MR) is 437 cm³/mol. The molecule has 25 nitrogen and oxygen atoms in total. The van der Waals surface area contributed by atoms with Gasteiger partial charge in [0.25, 0.3) is 36.0 Å². The van der Waals surface area contributed by atoms with Crippen LogP contribution in [0, 0.1) is 4.77 Å². The molecule has 0 aliphatic heterocycles. The number of unbranched alkanes of at least 4 members (excludes halogenated alkanes) is 1. The van der Waals surface area contributed by atoms with Gasteiger partial charge in [0.05, 0.1) is 103 Å². The van der Waals surface area contributed by atoms with Gasteiger partial charge in [0.1, 0.15) is 11.4 Å². The van der Waals surface area contributed by atoms with Crippen LogP contribution in [0.15, 0.2) is 183 Å². The molecular weight excluding hydrogens is 1700 g/mol. The van der Waals surface area contributed by atoms with Gasteiger partial charge in [-0.2, -0.15) is 34.4 Å². The van der Waals surface area contributed by atoms with E-state index in [-0.39, 0.29) is 114 Å². The average Bonchev–Trinajstić information content (AvgIpc) is 0.798. The van der Waals surface area contributed by atoms with Crippen molar-refractivity contribution >= 4 is 87.2 Å². The van der Waals surface area contributed by atoms with E-state index < -0.39 is 71.4 Å². The van der Waals surface area contributed by atoms with Gasteiger partial charge in [0.2, 0.25) is 30.0 Å². The molecule has 39 heteroatoms. The van der Waals surface area contributed by atoms with E-state index in [0.29, 0.717) is 52.2 Å². The quantitative estimate of drug-likeness (QED) is 0.00907. The second-order valence-electron chi connectivity index (χ2n) is 23.5. The topological polar surface area (TPSA) is 320 Å². The number of alkyl halides is 7. The Balaban J connectivity index is 0.000000344. The molecule has 10 rings (SSSR count). The van der Waals surface area contributed by atoms with Crippen molar-refractivity contribution in [2.45, 2.75) is 95.9 Å². The Kier molecular flexibility index (Phi) is 42.3. The van der Waals surface area contributed by atoms with Crippen LogP contribution in [0.25, 0.3) is 33.8 Å². The second kappa shape index (κ2) is 49.6. The number of hydrogen-bond donors (Lipinski definition) is 3. The lowest BCUT2D eigenvalue weighted by atomic mass is 10.1. The highest BCUT2D eigenvalue weighted by molar-refractivity contribution is 9.09. The lowest BCUT2D eigenvalue weighted by Crippen LogP contribution is -2.19. The summed E-state index contributed by atoms with van der Waals surface area (Å²) in [6.07, 6.45) is -1.73. The highest BCUT2D eigenvalue weighted by Gasteiger charge is 2.26. The van der Waals surface area contributed by atoms with E-state index in [0.717, 1.165) is 41.3 Å². The maximum Gasteiger partial charge on any atom is 0.450 e. The van der Waals surface area contributed by atoms with Crippen LogP contribution in [0.1, 0.15) is 98.6 Å². The van der Waals surface area contributed by atoms with E-state index in [1.165, 1.54) is 124 Å². The SMILES string of the molecule is C.CCCCBr.CO.COc1ccc(Cn2cc(-c3cc(C(F)F)[nH]c(=S)n3)ccc2=O)cc1OC.COc1ccc(Cn2cc(-c3cc(C(F)F)nc(S(=O)(=O)CCCO)n3)ccc2=O)cc1OC.COc1ccc(Cn2cc(-c3cc(C(F)F)nc(S(=O)(=O)CCCOCc4ccccc4)n3)ccc2=O)cc1OC.ClB(Cl)Cl. The average molecular weight is 1790 g/mol. The number of aliphatic hydroxyl groups excluding tert-OH is 2. The van der Waals surface area contributed by atoms with Gasteiger partial charge >= 0.3 is 4.96 Å². The van der Waals surface area contributed by atoms with Crippen molar-refractivity contribution in [3.8, 4) is 68.3 Å². The summed E-state index contributed by atoms with van der Waals surface area (Å²) in [6, 6.07) is 36.4. The van der Waals surface area contributed by atoms with Crippen LogP contribution in [0.2, 0.25) is 0 Å². The number of nitrogens with zero attached hydrogens (tertiary/aromatic N) is 8. The van der Waals surface area contributed by atoms with Crippen LogP contribution < -0.4 is 45.1 Å². The van der Waals surface area contributed by atoms with Gasteiger partial charge in [-0.15, -0.1) is 0 Å². The fraction of sp³-hybridized carbons (Fsp3) is 0.329. The summed E-state index contributed by atoms with van der Waals surface area (Å²) in [5, 5.41) is 15.6. The van der Waals surface area contributed by atoms with Gasteiger partial charge in [-0.05, 0) is 127 Å². The van der Waals surface area contributed by atoms with Crippen molar-refractivity contribution < 1.29 is 86.5 Å². The summed E-state index contributed by atoms with van der Waals surface area (Å²) in [5.74, 6) is 2.24. The summed E-state index contributed by atoms with van der Waals surface area (Å²) < 4.78 is 172. The zero-order chi connectivity index (χ0) is 84.2. The number of aromatic amines is 1. The highest BCUT2D eigenvalue weighted by atomic mass is 79.9. The lowest BCUT2D eigenvalue weighted by molar-refractivity contribution is 0.122. The molecule has 0 atom stereocenters. The normalized spacial score (nSPS) is 10.8. The Labute approximate surface area is 690 Å². The number of halogens is 10. The van der Waals surface area contributed by atoms with Gasteiger partial charge in [-0.1, -0.05) is 85.2 Å². The molecule has 0 saturated carbocycles. The Hall–Kier alpha value is -9.24. The molecule has 0 amide bonds. The molecule has 622 valence electrons. The van der Waals surface area contributed by atoms with Gasteiger partial charge in [0, 0.05) is 79.1 Å². The van der Waals surface area contributed by atoms with Crippen molar-refractivity contribution in [2.24, 2.45) is 0 Å². The predicted octanol–water partition coefficient (Wildman–Crippen LogP) is 15.2. The molecule has 0 bridgehead atoms. The van der Waals surface area contributed by atoms with E-state index in [2.05, 4.69) is 52.8 Å². The van der Waals surface area contributed by atoms with Crippen molar-refractivity contribution in [2.75, 3.05) is 79.8 Å². The molecule has 10 aromatic rings. The third kappa shape index (κ3) is 31.1. The van der Waals surface area contributed by atoms with Crippen molar-refractivity contribution in [3.63, 3.8) is 0 Å². The van der Waals surface area contributed by atoms with Crippen LogP contribution in [0.5, 0.6) is 34.5 Å². The van der Waals surface area contributed by atoms with Crippen LogP contribution in [0.3, 0.4) is 0 Å². The first-order valence-corrected chi connectivity index (χ1v) is 40.2. The monoisotopic (exact) mass is 1790 g/mol. The molecule has 0 spiro atoms. The molecule has 3 N–H and O–H groups in total. The van der Waals surface area contributed by atoms with Crippen molar-refractivity contribution in [1.82, 2.24) is 43.6 Å². The van der Waals surface area contributed by atoms with Gasteiger partial charge in [-0.25, -0.2) is 68.1 Å². The number of H-pyrrole nitrogens is 1. The number of ether oxygens (including phenoxy) is 7. The molecule has 6 heterocycles. The Morgan fingerprint density at radius 3 is 1.18 bits per heavy atom. The highest BCUT2D eigenvalue weighted by Crippen LogP contribution is 2.33. The zero-order valence-corrected chi connectivity index (χ0v) is 69.0. The van der Waals surface area contributed by atoms with E-state index in [9.17, 15) is 57.6 Å². The number of methoxy groups -OCH3 is 6. The van der Waals surface area contributed by atoms with Crippen LogP contribution >= 0.6 is 62.5 Å². The number of rotatable bonds is 31. The van der Waals surface area contributed by atoms with Gasteiger partial charge in [-0.3, -0.25) is 14.4 Å². The van der Waals surface area contributed by atoms with E-state index in [4.69, 9.17) is 90.0 Å². The number of pyridine rings is 3. The Bertz CT molecular complexity index is 5230. The van der Waals surface area contributed by atoms with E-state index >= 15 is 0 Å². The Morgan fingerprint density at radius 1 is 0.496 bits per heavy atom.